The van der Waals surface area contributed by atoms with Crippen LogP contribution >= 0.6 is 24.8 Å². The fourth-order valence-corrected chi connectivity index (χ4v) is 1.86. The maximum Gasteiger partial charge on any atom is 0.125 e. The molecular formula is C17H21Cl2N3. The first-order valence-electron chi connectivity index (χ1n) is 6.57. The van der Waals surface area contributed by atoms with E-state index >= 15 is 0 Å². The zero-order valence-electron chi connectivity index (χ0n) is 12.4. The standard InChI is InChI=1S/C17H19N3.2ClH/c1-20-17(19)16-10-8-14(9-11-16)3-2-13-4-6-15(12-18)7-5-13;;/h2-11H,12,18H2,1H3,(H2,19,20);2*1H/b3-2+;;. The highest BCUT2D eigenvalue weighted by atomic mass is 35.5. The van der Waals surface area contributed by atoms with E-state index < -0.39 is 0 Å². The molecule has 0 atom stereocenters. The SMILES string of the molecule is CNC(=N)c1ccc(/C=C/c2ccc(CN)cc2)cc1.Cl.Cl. The summed E-state index contributed by atoms with van der Waals surface area (Å²) in [7, 11) is 1.75. The van der Waals surface area contributed by atoms with Crippen LogP contribution in [0.5, 0.6) is 0 Å². The summed E-state index contributed by atoms with van der Waals surface area (Å²) in [6, 6.07) is 16.1. The lowest BCUT2D eigenvalue weighted by molar-refractivity contribution is 1.07. The number of rotatable bonds is 4. The zero-order chi connectivity index (χ0) is 14.4. The van der Waals surface area contributed by atoms with Crippen molar-refractivity contribution < 1.29 is 0 Å². The van der Waals surface area contributed by atoms with Crippen LogP contribution in [0.15, 0.2) is 48.5 Å². The van der Waals surface area contributed by atoms with Crippen molar-refractivity contribution >= 4 is 42.8 Å². The van der Waals surface area contributed by atoms with Crippen LogP contribution in [0.2, 0.25) is 0 Å². The van der Waals surface area contributed by atoms with E-state index in [0.29, 0.717) is 12.4 Å². The molecule has 0 bridgehead atoms. The Labute approximate surface area is 144 Å². The molecule has 0 heterocycles. The van der Waals surface area contributed by atoms with Gasteiger partial charge in [0, 0.05) is 19.2 Å². The Hall–Kier alpha value is -1.81. The van der Waals surface area contributed by atoms with E-state index in [0.717, 1.165) is 22.3 Å². The van der Waals surface area contributed by atoms with Gasteiger partial charge in [0.2, 0.25) is 0 Å². The van der Waals surface area contributed by atoms with Crippen LogP contribution in [-0.2, 0) is 6.54 Å². The Bertz CT molecular complexity index is 605. The van der Waals surface area contributed by atoms with Gasteiger partial charge >= 0.3 is 0 Å². The monoisotopic (exact) mass is 337 g/mol. The van der Waals surface area contributed by atoms with Crippen molar-refractivity contribution in [2.24, 2.45) is 5.73 Å². The number of hydrogen-bond acceptors (Lipinski definition) is 2. The van der Waals surface area contributed by atoms with Gasteiger partial charge in [-0.15, -0.1) is 24.8 Å². The highest BCUT2D eigenvalue weighted by Crippen LogP contribution is 2.11. The molecule has 2 aromatic rings. The lowest BCUT2D eigenvalue weighted by atomic mass is 10.1. The van der Waals surface area contributed by atoms with Crippen molar-refractivity contribution in [2.75, 3.05) is 7.05 Å². The molecule has 3 nitrogen and oxygen atoms in total. The van der Waals surface area contributed by atoms with E-state index in [4.69, 9.17) is 11.1 Å². The minimum absolute atomic E-state index is 0. The molecule has 0 saturated carbocycles. The number of nitrogens with two attached hydrogens (primary N) is 1. The quantitative estimate of drug-likeness (QED) is 0.452. The third kappa shape index (κ3) is 5.53. The first-order chi connectivity index (χ1) is 9.72. The van der Waals surface area contributed by atoms with Crippen LogP contribution < -0.4 is 11.1 Å². The average molecular weight is 338 g/mol. The molecule has 0 aromatic heterocycles. The normalized spacial score (nSPS) is 9.73. The van der Waals surface area contributed by atoms with Crippen LogP contribution in [-0.4, -0.2) is 12.9 Å². The van der Waals surface area contributed by atoms with Gasteiger partial charge in [-0.1, -0.05) is 60.7 Å². The third-order valence-corrected chi connectivity index (χ3v) is 3.13. The second-order valence-corrected chi connectivity index (χ2v) is 4.53. The van der Waals surface area contributed by atoms with E-state index in [1.165, 1.54) is 0 Å². The first kappa shape index (κ1) is 20.2. The maximum atomic E-state index is 7.68. The van der Waals surface area contributed by atoms with Crippen LogP contribution in [0.1, 0.15) is 22.3 Å². The molecule has 4 N–H and O–H groups in total. The molecule has 0 radical (unpaired) electrons. The second kappa shape index (κ2) is 10.0. The molecule has 2 rings (SSSR count). The van der Waals surface area contributed by atoms with Crippen molar-refractivity contribution in [3.63, 3.8) is 0 Å². The lowest BCUT2D eigenvalue weighted by Gasteiger charge is -2.03. The van der Waals surface area contributed by atoms with Gasteiger partial charge in [-0.05, 0) is 16.7 Å². The number of nitrogens with one attached hydrogen (secondary N) is 2. The molecular weight excluding hydrogens is 317 g/mol. The predicted octanol–water partition coefficient (Wildman–Crippen LogP) is 3.70. The van der Waals surface area contributed by atoms with Crippen molar-refractivity contribution in [3.8, 4) is 0 Å². The Morgan fingerprint density at radius 2 is 1.41 bits per heavy atom. The molecule has 0 fully saturated rings. The maximum absolute atomic E-state index is 7.68. The molecule has 0 amide bonds. The van der Waals surface area contributed by atoms with E-state index in [2.05, 4.69) is 29.6 Å². The number of benzene rings is 2. The zero-order valence-corrected chi connectivity index (χ0v) is 14.0. The highest BCUT2D eigenvalue weighted by Gasteiger charge is 1.97. The molecule has 0 unspecified atom stereocenters. The molecule has 0 aliphatic carbocycles. The second-order valence-electron chi connectivity index (χ2n) is 4.53. The van der Waals surface area contributed by atoms with Crippen LogP contribution in [0.3, 0.4) is 0 Å². The van der Waals surface area contributed by atoms with Crippen molar-refractivity contribution in [1.82, 2.24) is 5.32 Å². The summed E-state index contributed by atoms with van der Waals surface area (Å²) in [5.74, 6) is 0.429. The Balaban J connectivity index is 0.00000220. The van der Waals surface area contributed by atoms with Gasteiger partial charge in [-0.3, -0.25) is 5.41 Å². The largest absolute Gasteiger partial charge is 0.373 e. The lowest BCUT2D eigenvalue weighted by Crippen LogP contribution is -2.17. The van der Waals surface area contributed by atoms with E-state index in [-0.39, 0.29) is 24.8 Å². The summed E-state index contributed by atoms with van der Waals surface area (Å²) >= 11 is 0. The molecule has 0 saturated heterocycles. The minimum atomic E-state index is 0. The fourth-order valence-electron chi connectivity index (χ4n) is 1.86. The Morgan fingerprint density at radius 3 is 1.82 bits per heavy atom. The van der Waals surface area contributed by atoms with Gasteiger partial charge in [-0.25, -0.2) is 0 Å². The highest BCUT2D eigenvalue weighted by molar-refractivity contribution is 5.96. The summed E-state index contributed by atoms with van der Waals surface area (Å²) < 4.78 is 0. The Kier molecular flexibility index (Phi) is 9.18. The number of amidine groups is 1. The number of hydrogen-bond donors (Lipinski definition) is 3. The predicted molar refractivity (Wildman–Crippen MR) is 100 cm³/mol. The molecule has 2 aromatic carbocycles. The number of halogens is 2. The van der Waals surface area contributed by atoms with Crippen molar-refractivity contribution in [2.45, 2.75) is 6.54 Å². The average Bonchev–Trinajstić information content (AvgIpc) is 2.53. The smallest absolute Gasteiger partial charge is 0.125 e. The van der Waals surface area contributed by atoms with Crippen LogP contribution in [0, 0.1) is 5.41 Å². The van der Waals surface area contributed by atoms with E-state index in [1.54, 1.807) is 7.05 Å². The molecule has 0 aliphatic rings. The summed E-state index contributed by atoms with van der Waals surface area (Å²) in [6.45, 7) is 0.572. The first-order valence-corrected chi connectivity index (χ1v) is 6.57. The van der Waals surface area contributed by atoms with E-state index in [1.807, 2.05) is 36.4 Å². The summed E-state index contributed by atoms with van der Waals surface area (Å²) in [5.41, 5.74) is 9.86. The summed E-state index contributed by atoms with van der Waals surface area (Å²) in [5, 5.41) is 10.5. The van der Waals surface area contributed by atoms with Crippen LogP contribution in [0.4, 0.5) is 0 Å². The molecule has 5 heteroatoms. The van der Waals surface area contributed by atoms with Gasteiger partial charge in [-0.2, -0.15) is 0 Å². The molecule has 0 aliphatic heterocycles. The van der Waals surface area contributed by atoms with Gasteiger partial charge in [0.05, 0.1) is 0 Å². The molecule has 118 valence electrons. The topological polar surface area (TPSA) is 61.9 Å². The van der Waals surface area contributed by atoms with Crippen molar-refractivity contribution in [3.05, 3.63) is 70.8 Å². The Morgan fingerprint density at radius 1 is 0.955 bits per heavy atom. The third-order valence-electron chi connectivity index (χ3n) is 3.13. The van der Waals surface area contributed by atoms with Gasteiger partial charge in [0.15, 0.2) is 0 Å². The van der Waals surface area contributed by atoms with E-state index in [9.17, 15) is 0 Å². The van der Waals surface area contributed by atoms with Gasteiger partial charge in [0.1, 0.15) is 5.84 Å². The van der Waals surface area contributed by atoms with Crippen molar-refractivity contribution in [1.29, 1.82) is 5.41 Å². The van der Waals surface area contributed by atoms with Crippen LogP contribution in [0.25, 0.3) is 12.2 Å². The summed E-state index contributed by atoms with van der Waals surface area (Å²) in [6.07, 6.45) is 4.13. The molecule has 0 spiro atoms. The van der Waals surface area contributed by atoms with Gasteiger partial charge < -0.3 is 11.1 Å². The minimum Gasteiger partial charge on any atom is -0.373 e. The molecule has 22 heavy (non-hydrogen) atoms. The fraction of sp³-hybridized carbons (Fsp3) is 0.118. The summed E-state index contributed by atoms with van der Waals surface area (Å²) in [4.78, 5) is 0. The van der Waals surface area contributed by atoms with Gasteiger partial charge in [0.25, 0.3) is 0 Å².